The number of hydrogen-bond donors (Lipinski definition) is 2. The fraction of sp³-hybridized carbons (Fsp3) is 0. The Hall–Kier alpha value is -7.94. The van der Waals surface area contributed by atoms with E-state index in [-0.39, 0.29) is 0 Å². The number of rotatable bonds is 4. The van der Waals surface area contributed by atoms with Gasteiger partial charge in [-0.2, -0.15) is 0 Å². The van der Waals surface area contributed by atoms with Crippen LogP contribution in [0.2, 0.25) is 0 Å². The maximum absolute atomic E-state index is 7.61. The molecule has 0 aromatic heterocycles. The van der Waals surface area contributed by atoms with Crippen LogP contribution in [0.5, 0.6) is 0 Å². The number of hydrogen-bond acceptors (Lipinski definition) is 2. The molecule has 280 valence electrons. The summed E-state index contributed by atoms with van der Waals surface area (Å²) in [5, 5.41) is 15.9. The molecule has 0 fully saturated rings. The molecular weight excluding hydrogens is 725 g/mol. The monoisotopic (exact) mass is 762 g/mol. The molecule has 0 aliphatic rings. The molecule has 4 N–H and O–H groups in total. The smallest absolute Gasteiger partial charge is 0.0407 e. The van der Waals surface area contributed by atoms with Gasteiger partial charge in [0.2, 0.25) is 0 Å². The van der Waals surface area contributed by atoms with Crippen LogP contribution in [-0.4, -0.2) is 0 Å². The second kappa shape index (κ2) is 13.3. The molecule has 0 bridgehead atoms. The molecule has 0 saturated carbocycles. The molecule has 0 unspecified atom stereocenters. The van der Waals surface area contributed by atoms with Gasteiger partial charge in [0.1, 0.15) is 0 Å². The van der Waals surface area contributed by atoms with Crippen LogP contribution in [0.25, 0.3) is 120 Å². The van der Waals surface area contributed by atoms with Crippen LogP contribution in [0.1, 0.15) is 0 Å². The van der Waals surface area contributed by atoms with Crippen molar-refractivity contribution in [3.8, 4) is 44.5 Å². The summed E-state index contributed by atoms with van der Waals surface area (Å²) in [6.07, 6.45) is 0. The Morgan fingerprint density at radius 1 is 0.217 bits per heavy atom. The molecule has 0 saturated heterocycles. The van der Waals surface area contributed by atoms with Crippen molar-refractivity contribution in [1.82, 2.24) is 0 Å². The largest absolute Gasteiger partial charge is 0.398 e. The van der Waals surface area contributed by atoms with Crippen LogP contribution >= 0.6 is 0 Å². The maximum atomic E-state index is 7.61. The minimum Gasteiger partial charge on any atom is -0.398 e. The van der Waals surface area contributed by atoms with Crippen LogP contribution in [0.15, 0.2) is 206 Å². The zero-order valence-electron chi connectivity index (χ0n) is 32.8. The number of nitrogen functional groups attached to an aromatic ring is 2. The molecule has 0 radical (unpaired) electrons. The Labute approximate surface area is 347 Å². The molecule has 12 aromatic carbocycles. The van der Waals surface area contributed by atoms with Crippen molar-refractivity contribution in [1.29, 1.82) is 0 Å². The van der Waals surface area contributed by atoms with E-state index >= 15 is 0 Å². The van der Waals surface area contributed by atoms with Gasteiger partial charge in [-0.15, -0.1) is 0 Å². The first-order chi connectivity index (χ1) is 29.6. The summed E-state index contributed by atoms with van der Waals surface area (Å²) < 4.78 is 0. The van der Waals surface area contributed by atoms with Crippen LogP contribution in [0.4, 0.5) is 11.4 Å². The van der Waals surface area contributed by atoms with Crippen molar-refractivity contribution >= 4 is 86.8 Å². The lowest BCUT2D eigenvalue weighted by Crippen LogP contribution is -2.01. The highest BCUT2D eigenvalue weighted by Gasteiger charge is 2.28. The molecule has 2 heteroatoms. The molecular formula is C58H38N2. The van der Waals surface area contributed by atoms with Crippen molar-refractivity contribution in [3.63, 3.8) is 0 Å². The summed E-state index contributed by atoms with van der Waals surface area (Å²) in [5.74, 6) is 0. The molecule has 0 heterocycles. The summed E-state index contributed by atoms with van der Waals surface area (Å²) in [7, 11) is 0. The Kier molecular flexibility index (Phi) is 7.57. The molecule has 0 spiro atoms. The Balaban J connectivity index is 1.39. The third kappa shape index (κ3) is 5.28. The van der Waals surface area contributed by atoms with Gasteiger partial charge in [0.15, 0.2) is 0 Å². The third-order valence-corrected chi connectivity index (χ3v) is 12.6. The highest BCUT2D eigenvalue weighted by Crippen LogP contribution is 2.55. The predicted octanol–water partition coefficient (Wildman–Crippen LogP) is 15.6. The van der Waals surface area contributed by atoms with Crippen LogP contribution < -0.4 is 11.5 Å². The van der Waals surface area contributed by atoms with Crippen molar-refractivity contribution in [2.45, 2.75) is 0 Å². The highest BCUT2D eigenvalue weighted by molar-refractivity contribution is 6.32. The average Bonchev–Trinajstić information content (AvgIpc) is 3.30. The van der Waals surface area contributed by atoms with Crippen molar-refractivity contribution < 1.29 is 0 Å². The van der Waals surface area contributed by atoms with E-state index in [4.69, 9.17) is 11.5 Å². The van der Waals surface area contributed by atoms with Crippen molar-refractivity contribution in [2.24, 2.45) is 0 Å². The van der Waals surface area contributed by atoms with E-state index in [1.54, 1.807) is 0 Å². The molecule has 0 amide bonds. The lowest BCUT2D eigenvalue weighted by atomic mass is 9.76. The minimum absolute atomic E-state index is 0.727. The Bertz CT molecular complexity index is 3750. The molecule has 60 heavy (non-hydrogen) atoms. The predicted molar refractivity (Wildman–Crippen MR) is 260 cm³/mol. The van der Waals surface area contributed by atoms with Gasteiger partial charge >= 0.3 is 0 Å². The standard InChI is InChI=1S/C58H38N2/c59-51-34-50-49(47-19-9-10-20-48(47)51)33-52(60)58-56(46-28-24-38-14-4-8-18-42(38)32-46)54(44-26-22-36-12-2-6-16-40(36)30-44)53(43-25-21-35-11-1-5-15-39(35)29-43)55(57(50)58)45-27-23-37-13-3-7-17-41(37)31-45/h1-34H,59-60H2. The maximum Gasteiger partial charge on any atom is 0.0407 e. The van der Waals surface area contributed by atoms with Crippen LogP contribution in [0.3, 0.4) is 0 Å². The van der Waals surface area contributed by atoms with E-state index in [0.717, 1.165) is 88.2 Å². The fourth-order valence-electron chi connectivity index (χ4n) is 9.86. The molecule has 12 rings (SSSR count). The van der Waals surface area contributed by atoms with Crippen LogP contribution in [0, 0.1) is 0 Å². The van der Waals surface area contributed by atoms with E-state index in [0.29, 0.717) is 0 Å². The molecule has 0 atom stereocenters. The number of nitrogens with two attached hydrogens (primary N) is 2. The SMILES string of the molecule is Nc1cc2c(cc(N)c3c(-c4ccc5ccccc5c4)c(-c4ccc5ccccc5c4)c(-c4ccc5ccccc5c4)c(-c4ccc5ccccc5c4)c32)c2ccccc12. The summed E-state index contributed by atoms with van der Waals surface area (Å²) in [5.41, 5.74) is 25.2. The summed E-state index contributed by atoms with van der Waals surface area (Å²) >= 11 is 0. The van der Waals surface area contributed by atoms with Gasteiger partial charge in [0.05, 0.1) is 0 Å². The van der Waals surface area contributed by atoms with E-state index in [1.165, 1.54) is 43.1 Å². The van der Waals surface area contributed by atoms with E-state index in [9.17, 15) is 0 Å². The van der Waals surface area contributed by atoms with Gasteiger partial charge < -0.3 is 11.5 Å². The number of benzene rings is 12. The molecule has 0 aliphatic heterocycles. The first kappa shape index (κ1) is 34.1. The van der Waals surface area contributed by atoms with Crippen molar-refractivity contribution in [3.05, 3.63) is 206 Å². The Morgan fingerprint density at radius 3 is 0.983 bits per heavy atom. The molecule has 0 aliphatic carbocycles. The normalized spacial score (nSPS) is 11.8. The second-order valence-electron chi connectivity index (χ2n) is 16.1. The van der Waals surface area contributed by atoms with E-state index < -0.39 is 0 Å². The van der Waals surface area contributed by atoms with Crippen LogP contribution in [-0.2, 0) is 0 Å². The quantitative estimate of drug-likeness (QED) is 0.139. The summed E-state index contributed by atoms with van der Waals surface area (Å²) in [6.45, 7) is 0. The topological polar surface area (TPSA) is 52.0 Å². The average molecular weight is 763 g/mol. The summed E-state index contributed by atoms with van der Waals surface area (Å²) in [4.78, 5) is 0. The highest BCUT2D eigenvalue weighted by atomic mass is 14.6. The number of anilines is 2. The van der Waals surface area contributed by atoms with Gasteiger partial charge in [-0.05, 0) is 135 Å². The van der Waals surface area contributed by atoms with E-state index in [1.807, 2.05) is 0 Å². The van der Waals surface area contributed by atoms with Gasteiger partial charge in [-0.3, -0.25) is 0 Å². The molecule has 2 nitrogen and oxygen atoms in total. The lowest BCUT2D eigenvalue weighted by Gasteiger charge is -2.27. The Morgan fingerprint density at radius 2 is 0.550 bits per heavy atom. The number of fused-ring (bicyclic) bond motifs is 9. The first-order valence-electron chi connectivity index (χ1n) is 20.6. The van der Waals surface area contributed by atoms with Gasteiger partial charge in [0.25, 0.3) is 0 Å². The van der Waals surface area contributed by atoms with Gasteiger partial charge in [-0.25, -0.2) is 0 Å². The first-order valence-corrected chi connectivity index (χ1v) is 20.6. The van der Waals surface area contributed by atoms with Gasteiger partial charge in [0, 0.05) is 33.1 Å². The minimum atomic E-state index is 0.727. The third-order valence-electron chi connectivity index (χ3n) is 12.6. The van der Waals surface area contributed by atoms with E-state index in [2.05, 4.69) is 206 Å². The lowest BCUT2D eigenvalue weighted by molar-refractivity contribution is 1.60. The van der Waals surface area contributed by atoms with Crippen molar-refractivity contribution in [2.75, 3.05) is 11.5 Å². The summed E-state index contributed by atoms with van der Waals surface area (Å²) in [6, 6.07) is 75.0. The van der Waals surface area contributed by atoms with Gasteiger partial charge in [-0.1, -0.05) is 170 Å². The molecule has 12 aromatic rings. The zero-order valence-corrected chi connectivity index (χ0v) is 32.8. The second-order valence-corrected chi connectivity index (χ2v) is 16.1. The zero-order chi connectivity index (χ0) is 39.9. The fourth-order valence-corrected chi connectivity index (χ4v) is 9.86.